The largest absolute Gasteiger partial charge is 0.497 e. The maximum atomic E-state index is 10.2. The third kappa shape index (κ3) is 4.76. The molecule has 2 N–H and O–H groups in total. The summed E-state index contributed by atoms with van der Waals surface area (Å²) in [7, 11) is 1.63. The Morgan fingerprint density at radius 1 is 1.09 bits per heavy atom. The monoisotopic (exact) mass is 301 g/mol. The van der Waals surface area contributed by atoms with Gasteiger partial charge in [0.15, 0.2) is 0 Å². The molecule has 0 spiro atoms. The van der Waals surface area contributed by atoms with E-state index in [9.17, 15) is 5.11 Å². The molecule has 0 aromatic heterocycles. The van der Waals surface area contributed by atoms with Crippen molar-refractivity contribution < 1.29 is 14.6 Å². The molecule has 0 aliphatic rings. The zero-order valence-corrected chi connectivity index (χ0v) is 13.1. The number of aliphatic hydroxyl groups excluding tert-OH is 1. The summed E-state index contributed by atoms with van der Waals surface area (Å²) in [4.78, 5) is 0. The highest BCUT2D eigenvalue weighted by atomic mass is 16.5. The number of rotatable bonds is 8. The molecule has 1 unspecified atom stereocenters. The van der Waals surface area contributed by atoms with Crippen LogP contribution in [0.25, 0.3) is 0 Å². The molecule has 0 fully saturated rings. The fourth-order valence-electron chi connectivity index (χ4n) is 2.21. The normalized spacial score (nSPS) is 12.0. The molecular formula is C18H23NO3. The van der Waals surface area contributed by atoms with Crippen molar-refractivity contribution in [2.24, 2.45) is 0 Å². The number of hydrogen-bond acceptors (Lipinski definition) is 4. The lowest BCUT2D eigenvalue weighted by molar-refractivity contribution is 0.174. The van der Waals surface area contributed by atoms with Gasteiger partial charge in [-0.3, -0.25) is 0 Å². The number of aliphatic hydroxyl groups is 1. The SMILES string of the molecule is CCOc1cccc(CNCC(O)c2ccc(OC)cc2)c1. The minimum atomic E-state index is -0.541. The summed E-state index contributed by atoms with van der Waals surface area (Å²) >= 11 is 0. The van der Waals surface area contributed by atoms with Crippen LogP contribution in [-0.2, 0) is 6.54 Å². The van der Waals surface area contributed by atoms with Crippen LogP contribution in [0.4, 0.5) is 0 Å². The number of ether oxygens (including phenoxy) is 2. The molecule has 0 radical (unpaired) electrons. The van der Waals surface area contributed by atoms with Crippen molar-refractivity contribution in [2.45, 2.75) is 19.6 Å². The first-order valence-corrected chi connectivity index (χ1v) is 7.47. The van der Waals surface area contributed by atoms with E-state index in [2.05, 4.69) is 5.32 Å². The first-order chi connectivity index (χ1) is 10.7. The maximum Gasteiger partial charge on any atom is 0.119 e. The number of nitrogens with one attached hydrogen (secondary N) is 1. The molecule has 4 nitrogen and oxygen atoms in total. The van der Waals surface area contributed by atoms with Gasteiger partial charge in [-0.15, -0.1) is 0 Å². The Labute approximate surface area is 131 Å². The van der Waals surface area contributed by atoms with Crippen molar-refractivity contribution in [1.82, 2.24) is 5.32 Å². The molecule has 0 bridgehead atoms. The molecule has 0 amide bonds. The topological polar surface area (TPSA) is 50.7 Å². The van der Waals surface area contributed by atoms with E-state index in [0.717, 1.165) is 22.6 Å². The molecule has 0 heterocycles. The van der Waals surface area contributed by atoms with Gasteiger partial charge < -0.3 is 19.9 Å². The second-order valence-electron chi connectivity index (χ2n) is 5.00. The van der Waals surface area contributed by atoms with Crippen LogP contribution in [0.3, 0.4) is 0 Å². The Bertz CT molecular complexity index is 569. The van der Waals surface area contributed by atoms with Crippen molar-refractivity contribution in [3.63, 3.8) is 0 Å². The van der Waals surface area contributed by atoms with Crippen LogP contribution in [0.15, 0.2) is 48.5 Å². The first-order valence-electron chi connectivity index (χ1n) is 7.47. The Morgan fingerprint density at radius 2 is 1.86 bits per heavy atom. The summed E-state index contributed by atoms with van der Waals surface area (Å²) in [5.74, 6) is 1.66. The number of benzene rings is 2. The van der Waals surface area contributed by atoms with Gasteiger partial charge in [0, 0.05) is 13.1 Å². The Hall–Kier alpha value is -2.04. The summed E-state index contributed by atoms with van der Waals surface area (Å²) in [5, 5.41) is 13.4. The molecule has 22 heavy (non-hydrogen) atoms. The highest BCUT2D eigenvalue weighted by Gasteiger charge is 2.07. The smallest absolute Gasteiger partial charge is 0.119 e. The minimum Gasteiger partial charge on any atom is -0.497 e. The van der Waals surface area contributed by atoms with Gasteiger partial charge in [-0.2, -0.15) is 0 Å². The second-order valence-corrected chi connectivity index (χ2v) is 5.00. The lowest BCUT2D eigenvalue weighted by Crippen LogP contribution is -2.21. The van der Waals surface area contributed by atoms with Crippen molar-refractivity contribution in [3.05, 3.63) is 59.7 Å². The first kappa shape index (κ1) is 16.3. The summed E-state index contributed by atoms with van der Waals surface area (Å²) in [6, 6.07) is 15.4. The number of methoxy groups -OCH3 is 1. The third-order valence-corrected chi connectivity index (χ3v) is 3.38. The summed E-state index contributed by atoms with van der Waals surface area (Å²) in [5.41, 5.74) is 2.00. The average Bonchev–Trinajstić information content (AvgIpc) is 2.55. The molecule has 0 aliphatic carbocycles. The van der Waals surface area contributed by atoms with E-state index in [1.54, 1.807) is 7.11 Å². The minimum absolute atomic E-state index is 0.491. The predicted molar refractivity (Wildman–Crippen MR) is 87.3 cm³/mol. The lowest BCUT2D eigenvalue weighted by Gasteiger charge is -2.13. The van der Waals surface area contributed by atoms with Crippen LogP contribution in [0.5, 0.6) is 11.5 Å². The van der Waals surface area contributed by atoms with Gasteiger partial charge in [0.25, 0.3) is 0 Å². The molecule has 118 valence electrons. The van der Waals surface area contributed by atoms with Crippen LogP contribution in [0.2, 0.25) is 0 Å². The lowest BCUT2D eigenvalue weighted by atomic mass is 10.1. The van der Waals surface area contributed by atoms with Crippen molar-refractivity contribution in [2.75, 3.05) is 20.3 Å². The molecule has 2 aromatic carbocycles. The number of hydrogen-bond donors (Lipinski definition) is 2. The van der Waals surface area contributed by atoms with Gasteiger partial charge in [-0.25, -0.2) is 0 Å². The summed E-state index contributed by atoms with van der Waals surface area (Å²) in [6.45, 7) is 3.81. The van der Waals surface area contributed by atoms with Gasteiger partial charge in [0.05, 0.1) is 19.8 Å². The fraction of sp³-hybridized carbons (Fsp3) is 0.333. The zero-order valence-electron chi connectivity index (χ0n) is 13.1. The summed E-state index contributed by atoms with van der Waals surface area (Å²) in [6.07, 6.45) is -0.541. The molecule has 1 atom stereocenters. The van der Waals surface area contributed by atoms with E-state index in [4.69, 9.17) is 9.47 Å². The zero-order chi connectivity index (χ0) is 15.8. The van der Waals surface area contributed by atoms with E-state index in [1.165, 1.54) is 0 Å². The standard InChI is InChI=1S/C18H23NO3/c1-3-22-17-6-4-5-14(11-17)12-19-13-18(20)15-7-9-16(21-2)10-8-15/h4-11,18-20H,3,12-13H2,1-2H3. The second kappa shape index (κ2) is 8.41. The third-order valence-electron chi connectivity index (χ3n) is 3.38. The molecule has 0 saturated carbocycles. The van der Waals surface area contributed by atoms with Gasteiger partial charge in [-0.1, -0.05) is 24.3 Å². The van der Waals surface area contributed by atoms with E-state index >= 15 is 0 Å². The Kier molecular flexibility index (Phi) is 6.25. The van der Waals surface area contributed by atoms with Crippen molar-refractivity contribution >= 4 is 0 Å². The van der Waals surface area contributed by atoms with Crippen LogP contribution >= 0.6 is 0 Å². The Balaban J connectivity index is 1.83. The van der Waals surface area contributed by atoms with Gasteiger partial charge in [-0.05, 0) is 42.3 Å². The highest BCUT2D eigenvalue weighted by molar-refractivity contribution is 5.29. The quantitative estimate of drug-likeness (QED) is 0.787. The molecule has 2 rings (SSSR count). The van der Waals surface area contributed by atoms with Gasteiger partial charge in [0.1, 0.15) is 11.5 Å². The average molecular weight is 301 g/mol. The van der Waals surface area contributed by atoms with Crippen molar-refractivity contribution in [1.29, 1.82) is 0 Å². The highest BCUT2D eigenvalue weighted by Crippen LogP contribution is 2.17. The molecule has 0 saturated heterocycles. The van der Waals surface area contributed by atoms with E-state index < -0.39 is 6.10 Å². The maximum absolute atomic E-state index is 10.2. The van der Waals surface area contributed by atoms with Crippen LogP contribution in [-0.4, -0.2) is 25.4 Å². The van der Waals surface area contributed by atoms with E-state index in [1.807, 2.05) is 55.5 Å². The molecule has 2 aromatic rings. The van der Waals surface area contributed by atoms with Crippen LogP contribution < -0.4 is 14.8 Å². The van der Waals surface area contributed by atoms with Crippen molar-refractivity contribution in [3.8, 4) is 11.5 Å². The molecule has 4 heteroatoms. The van der Waals surface area contributed by atoms with Crippen LogP contribution in [0, 0.1) is 0 Å². The van der Waals surface area contributed by atoms with Crippen LogP contribution in [0.1, 0.15) is 24.2 Å². The fourth-order valence-corrected chi connectivity index (χ4v) is 2.21. The van der Waals surface area contributed by atoms with E-state index in [0.29, 0.717) is 19.7 Å². The van der Waals surface area contributed by atoms with E-state index in [-0.39, 0.29) is 0 Å². The molecular weight excluding hydrogens is 278 g/mol. The Morgan fingerprint density at radius 3 is 2.55 bits per heavy atom. The van der Waals surface area contributed by atoms with Gasteiger partial charge in [0.2, 0.25) is 0 Å². The summed E-state index contributed by atoms with van der Waals surface area (Å²) < 4.78 is 10.6. The van der Waals surface area contributed by atoms with Gasteiger partial charge >= 0.3 is 0 Å². The molecule has 0 aliphatic heterocycles. The predicted octanol–water partition coefficient (Wildman–Crippen LogP) is 2.92.